The van der Waals surface area contributed by atoms with Crippen LogP contribution in [0, 0.1) is 6.92 Å². The Kier molecular flexibility index (Phi) is 2.95. The molecule has 0 spiro atoms. The third kappa shape index (κ3) is 1.72. The molecule has 4 heteroatoms. The average Bonchev–Trinajstić information content (AvgIpc) is 2.16. The summed E-state index contributed by atoms with van der Waals surface area (Å²) in [6.07, 6.45) is 4.32. The van der Waals surface area contributed by atoms with Gasteiger partial charge in [0.1, 0.15) is 5.60 Å². The van der Waals surface area contributed by atoms with E-state index in [0.29, 0.717) is 0 Å². The number of ether oxygens (including phenoxy) is 1. The van der Waals surface area contributed by atoms with E-state index < -0.39 is 6.10 Å². The van der Waals surface area contributed by atoms with Crippen LogP contribution in [0.5, 0.6) is 0 Å². The highest BCUT2D eigenvalue weighted by Gasteiger charge is 2.41. The molecule has 88 valence electrons. The van der Waals surface area contributed by atoms with Gasteiger partial charge in [0.05, 0.1) is 6.10 Å². The Bertz CT molecular complexity index is 381. The maximum absolute atomic E-state index is 9.52. The van der Waals surface area contributed by atoms with E-state index in [2.05, 4.69) is 9.97 Å². The van der Waals surface area contributed by atoms with Crippen LogP contribution in [0.4, 0.5) is 0 Å². The van der Waals surface area contributed by atoms with E-state index in [0.717, 1.165) is 36.3 Å². The van der Waals surface area contributed by atoms with Crippen molar-refractivity contribution in [2.75, 3.05) is 7.11 Å². The zero-order valence-corrected chi connectivity index (χ0v) is 10.0. The van der Waals surface area contributed by atoms with Crippen molar-refractivity contribution in [1.82, 2.24) is 9.97 Å². The Balaban J connectivity index is 2.34. The lowest BCUT2D eigenvalue weighted by molar-refractivity contribution is -0.0848. The minimum Gasteiger partial charge on any atom is -0.389 e. The van der Waals surface area contributed by atoms with Crippen molar-refractivity contribution in [2.45, 2.75) is 44.8 Å². The number of methoxy groups -OCH3 is 1. The smallest absolute Gasteiger partial charge is 0.160 e. The van der Waals surface area contributed by atoms with Crippen LogP contribution < -0.4 is 0 Å². The van der Waals surface area contributed by atoms with Gasteiger partial charge in [0.15, 0.2) is 5.82 Å². The summed E-state index contributed by atoms with van der Waals surface area (Å²) in [5, 5.41) is 9.52. The Hall–Kier alpha value is -1.00. The van der Waals surface area contributed by atoms with Gasteiger partial charge in [-0.05, 0) is 33.1 Å². The molecule has 1 aliphatic rings. The first-order chi connectivity index (χ1) is 7.59. The molecule has 1 heterocycles. The number of aliphatic hydroxyl groups is 1. The van der Waals surface area contributed by atoms with Crippen molar-refractivity contribution in [2.24, 2.45) is 0 Å². The van der Waals surface area contributed by atoms with Crippen LogP contribution in [0.15, 0.2) is 6.20 Å². The van der Waals surface area contributed by atoms with Crippen molar-refractivity contribution >= 4 is 0 Å². The van der Waals surface area contributed by atoms with Gasteiger partial charge in [-0.3, -0.25) is 0 Å². The van der Waals surface area contributed by atoms with Gasteiger partial charge in [0, 0.05) is 24.6 Å². The van der Waals surface area contributed by atoms with Crippen LogP contribution >= 0.6 is 0 Å². The van der Waals surface area contributed by atoms with Crippen LogP contribution in [-0.2, 0) is 10.3 Å². The second-order valence-corrected chi connectivity index (χ2v) is 4.46. The lowest BCUT2D eigenvalue weighted by Gasteiger charge is -2.38. The zero-order valence-electron chi connectivity index (χ0n) is 10.0. The fraction of sp³-hybridized carbons (Fsp3) is 0.667. The third-order valence-corrected chi connectivity index (χ3v) is 3.43. The van der Waals surface area contributed by atoms with Crippen LogP contribution in [0.2, 0.25) is 0 Å². The zero-order chi connectivity index (χ0) is 11.8. The maximum Gasteiger partial charge on any atom is 0.160 e. The second-order valence-electron chi connectivity index (χ2n) is 4.46. The highest BCUT2D eigenvalue weighted by atomic mass is 16.5. The molecule has 1 aliphatic carbocycles. The SMILES string of the molecule is COC1(c2ncc(C(C)O)c(C)n2)CCC1. The molecule has 1 fully saturated rings. The molecular weight excluding hydrogens is 204 g/mol. The van der Waals surface area contributed by atoms with Gasteiger partial charge in [0.25, 0.3) is 0 Å². The molecule has 1 aromatic rings. The van der Waals surface area contributed by atoms with Crippen LogP contribution in [0.25, 0.3) is 0 Å². The van der Waals surface area contributed by atoms with E-state index in [4.69, 9.17) is 4.74 Å². The van der Waals surface area contributed by atoms with E-state index in [1.54, 1.807) is 20.2 Å². The van der Waals surface area contributed by atoms with E-state index in [9.17, 15) is 5.11 Å². The van der Waals surface area contributed by atoms with Gasteiger partial charge in [-0.1, -0.05) is 0 Å². The molecule has 1 N–H and O–H groups in total. The topological polar surface area (TPSA) is 55.2 Å². The molecule has 0 aliphatic heterocycles. The van der Waals surface area contributed by atoms with Gasteiger partial charge in [-0.25, -0.2) is 9.97 Å². The van der Waals surface area contributed by atoms with Crippen LogP contribution in [0.3, 0.4) is 0 Å². The summed E-state index contributed by atoms with van der Waals surface area (Å²) in [6.45, 7) is 3.62. The molecule has 1 aromatic heterocycles. The number of nitrogens with zero attached hydrogens (tertiary/aromatic N) is 2. The fourth-order valence-electron chi connectivity index (χ4n) is 2.12. The first kappa shape index (κ1) is 11.5. The number of aliphatic hydroxyl groups excluding tert-OH is 1. The molecule has 0 radical (unpaired) electrons. The Morgan fingerprint density at radius 1 is 1.50 bits per heavy atom. The van der Waals surface area contributed by atoms with E-state index in [-0.39, 0.29) is 5.60 Å². The first-order valence-corrected chi connectivity index (χ1v) is 5.66. The number of aromatic nitrogens is 2. The summed E-state index contributed by atoms with van der Waals surface area (Å²) < 4.78 is 5.53. The summed E-state index contributed by atoms with van der Waals surface area (Å²) in [5.41, 5.74) is 1.35. The molecule has 0 amide bonds. The molecule has 2 rings (SSSR count). The van der Waals surface area contributed by atoms with Gasteiger partial charge < -0.3 is 9.84 Å². The van der Waals surface area contributed by atoms with Gasteiger partial charge in [-0.2, -0.15) is 0 Å². The lowest BCUT2D eigenvalue weighted by Crippen LogP contribution is -2.38. The first-order valence-electron chi connectivity index (χ1n) is 5.66. The minimum atomic E-state index is -0.520. The molecule has 1 atom stereocenters. The fourth-order valence-corrected chi connectivity index (χ4v) is 2.12. The Labute approximate surface area is 95.7 Å². The number of hydrogen-bond acceptors (Lipinski definition) is 4. The maximum atomic E-state index is 9.52. The van der Waals surface area contributed by atoms with Crippen molar-refractivity contribution in [3.63, 3.8) is 0 Å². The van der Waals surface area contributed by atoms with E-state index >= 15 is 0 Å². The van der Waals surface area contributed by atoms with Crippen molar-refractivity contribution in [3.8, 4) is 0 Å². The molecule has 1 unspecified atom stereocenters. The predicted molar refractivity (Wildman–Crippen MR) is 59.9 cm³/mol. The highest BCUT2D eigenvalue weighted by Crippen LogP contribution is 2.42. The quantitative estimate of drug-likeness (QED) is 0.848. The lowest BCUT2D eigenvalue weighted by atomic mass is 9.79. The molecular formula is C12H18N2O2. The van der Waals surface area contributed by atoms with Gasteiger partial charge >= 0.3 is 0 Å². The molecule has 0 aromatic carbocycles. The summed E-state index contributed by atoms with van der Waals surface area (Å²) in [4.78, 5) is 8.79. The standard InChI is InChI=1S/C12H18N2O2/c1-8-10(9(2)15)7-13-11(14-8)12(16-3)5-4-6-12/h7,9,15H,4-6H2,1-3H3. The average molecular weight is 222 g/mol. The van der Waals surface area contributed by atoms with Crippen molar-refractivity contribution in [1.29, 1.82) is 0 Å². The normalized spacial score (nSPS) is 20.2. The monoisotopic (exact) mass is 222 g/mol. The molecule has 16 heavy (non-hydrogen) atoms. The van der Waals surface area contributed by atoms with Crippen LogP contribution in [-0.4, -0.2) is 22.2 Å². The summed E-state index contributed by atoms with van der Waals surface area (Å²) in [7, 11) is 1.71. The minimum absolute atomic E-state index is 0.276. The number of aryl methyl sites for hydroxylation is 1. The summed E-state index contributed by atoms with van der Waals surface area (Å²) in [6, 6.07) is 0. The van der Waals surface area contributed by atoms with E-state index in [1.807, 2.05) is 6.92 Å². The van der Waals surface area contributed by atoms with E-state index in [1.165, 1.54) is 0 Å². The van der Waals surface area contributed by atoms with Gasteiger partial charge in [-0.15, -0.1) is 0 Å². The number of rotatable bonds is 3. The summed E-state index contributed by atoms with van der Waals surface area (Å²) in [5.74, 6) is 0.753. The van der Waals surface area contributed by atoms with Gasteiger partial charge in [0.2, 0.25) is 0 Å². The predicted octanol–water partition coefficient (Wildman–Crippen LogP) is 1.86. The molecule has 1 saturated carbocycles. The summed E-state index contributed by atoms with van der Waals surface area (Å²) >= 11 is 0. The van der Waals surface area contributed by atoms with Crippen molar-refractivity contribution < 1.29 is 9.84 Å². The Morgan fingerprint density at radius 2 is 2.19 bits per heavy atom. The third-order valence-electron chi connectivity index (χ3n) is 3.43. The largest absolute Gasteiger partial charge is 0.389 e. The molecule has 0 bridgehead atoms. The number of hydrogen-bond donors (Lipinski definition) is 1. The highest BCUT2D eigenvalue weighted by molar-refractivity contribution is 5.21. The molecule has 4 nitrogen and oxygen atoms in total. The second kappa shape index (κ2) is 4.11. The van der Waals surface area contributed by atoms with Crippen LogP contribution in [0.1, 0.15) is 49.4 Å². The van der Waals surface area contributed by atoms with Crippen molar-refractivity contribution in [3.05, 3.63) is 23.3 Å². The Morgan fingerprint density at radius 3 is 2.56 bits per heavy atom. The molecule has 0 saturated heterocycles.